The predicted molar refractivity (Wildman–Crippen MR) is 135 cm³/mol. The van der Waals surface area contributed by atoms with Gasteiger partial charge in [0.25, 0.3) is 0 Å². The molecule has 0 fully saturated rings. The van der Waals surface area contributed by atoms with E-state index >= 15 is 0 Å². The maximum Gasteiger partial charge on any atom is 0.352 e. The molecule has 3 aromatic carbocycles. The Bertz CT molecular complexity index is 1220. The average Bonchev–Trinajstić information content (AvgIpc) is 3.25. The molecule has 0 saturated carbocycles. The van der Waals surface area contributed by atoms with Gasteiger partial charge in [-0.05, 0) is 50.1 Å². The topological polar surface area (TPSA) is 53.4 Å². The van der Waals surface area contributed by atoms with Gasteiger partial charge in [0.2, 0.25) is 6.10 Å². The number of esters is 1. The lowest BCUT2D eigenvalue weighted by atomic mass is 10.1. The summed E-state index contributed by atoms with van der Waals surface area (Å²) in [6.07, 6.45) is 2.39. The second-order valence-corrected chi connectivity index (χ2v) is 8.40. The number of aryl methyl sites for hydroxylation is 1. The van der Waals surface area contributed by atoms with E-state index in [-0.39, 0.29) is 6.04 Å². The molecule has 4 aromatic rings. The Morgan fingerprint density at radius 1 is 0.912 bits per heavy atom. The number of para-hydroxylation sites is 2. The van der Waals surface area contributed by atoms with E-state index in [4.69, 9.17) is 14.5 Å². The molecule has 0 spiro atoms. The molecule has 0 amide bonds. The van der Waals surface area contributed by atoms with Crippen molar-refractivity contribution in [3.63, 3.8) is 0 Å². The molecule has 0 N–H and O–H groups in total. The number of unbranched alkanes of at least 4 members (excludes halogenated alkanes) is 1. The van der Waals surface area contributed by atoms with Crippen LogP contribution in [0.15, 0.2) is 78.9 Å². The number of hydrogen-bond acceptors (Lipinski definition) is 4. The lowest BCUT2D eigenvalue weighted by molar-refractivity contribution is -0.151. The maximum atomic E-state index is 12.6. The van der Waals surface area contributed by atoms with Crippen molar-refractivity contribution in [2.75, 3.05) is 6.61 Å². The van der Waals surface area contributed by atoms with Crippen molar-refractivity contribution in [2.45, 2.75) is 52.2 Å². The third-order valence-corrected chi connectivity index (χ3v) is 6.03. The van der Waals surface area contributed by atoms with E-state index in [2.05, 4.69) is 48.7 Å². The zero-order chi connectivity index (χ0) is 23.9. The minimum atomic E-state index is -0.803. The molecule has 176 valence electrons. The number of carbonyl (C=O) groups excluding carboxylic acids is 1. The summed E-state index contributed by atoms with van der Waals surface area (Å²) in [4.78, 5) is 17.5. The van der Waals surface area contributed by atoms with Gasteiger partial charge in [0, 0.05) is 12.0 Å². The van der Waals surface area contributed by atoms with Crippen LogP contribution in [-0.4, -0.2) is 22.1 Å². The van der Waals surface area contributed by atoms with Crippen molar-refractivity contribution >= 4 is 17.0 Å². The van der Waals surface area contributed by atoms with Crippen LogP contribution in [0.3, 0.4) is 0 Å². The summed E-state index contributed by atoms with van der Waals surface area (Å²) in [7, 11) is 0. The number of imidazole rings is 1. The van der Waals surface area contributed by atoms with Crippen LogP contribution in [0.1, 0.15) is 62.7 Å². The number of rotatable bonds is 10. The van der Waals surface area contributed by atoms with Crippen molar-refractivity contribution in [1.29, 1.82) is 0 Å². The molecule has 1 aromatic heterocycles. The van der Waals surface area contributed by atoms with Gasteiger partial charge in [-0.2, -0.15) is 0 Å². The SMILES string of the molecule is CCCCc1nc2ccccc2n1C(C)c1ccc(OC(C(=O)OCC)c2ccccc2)cc1. The van der Waals surface area contributed by atoms with E-state index < -0.39 is 12.1 Å². The van der Waals surface area contributed by atoms with E-state index in [9.17, 15) is 4.79 Å². The van der Waals surface area contributed by atoms with Crippen molar-refractivity contribution in [3.05, 3.63) is 95.8 Å². The normalized spacial score (nSPS) is 12.9. The average molecular weight is 457 g/mol. The fraction of sp³-hybridized carbons (Fsp3) is 0.310. The van der Waals surface area contributed by atoms with Crippen LogP contribution >= 0.6 is 0 Å². The van der Waals surface area contributed by atoms with Crippen molar-refractivity contribution < 1.29 is 14.3 Å². The summed E-state index contributed by atoms with van der Waals surface area (Å²) in [5, 5.41) is 0. The minimum absolute atomic E-state index is 0.114. The molecule has 5 heteroatoms. The van der Waals surface area contributed by atoms with Crippen LogP contribution in [0.2, 0.25) is 0 Å². The highest BCUT2D eigenvalue weighted by atomic mass is 16.6. The zero-order valence-electron chi connectivity index (χ0n) is 20.1. The molecule has 0 aliphatic rings. The Morgan fingerprint density at radius 3 is 2.32 bits per heavy atom. The molecular formula is C29H32N2O3. The summed E-state index contributed by atoms with van der Waals surface area (Å²) in [5.74, 6) is 1.35. The summed E-state index contributed by atoms with van der Waals surface area (Å²) >= 11 is 0. The van der Waals surface area contributed by atoms with Gasteiger partial charge in [-0.15, -0.1) is 0 Å². The summed E-state index contributed by atoms with van der Waals surface area (Å²) in [6, 6.07) is 25.8. The maximum absolute atomic E-state index is 12.6. The van der Waals surface area contributed by atoms with Gasteiger partial charge in [-0.1, -0.05) is 67.9 Å². The van der Waals surface area contributed by atoms with Crippen molar-refractivity contribution in [2.24, 2.45) is 0 Å². The first-order valence-corrected chi connectivity index (χ1v) is 12.1. The zero-order valence-corrected chi connectivity index (χ0v) is 20.1. The summed E-state index contributed by atoms with van der Waals surface area (Å²) in [6.45, 7) is 6.50. The van der Waals surface area contributed by atoms with Crippen molar-refractivity contribution in [3.8, 4) is 5.75 Å². The molecule has 0 bridgehead atoms. The molecule has 0 saturated heterocycles. The lowest BCUT2D eigenvalue weighted by Crippen LogP contribution is -2.21. The van der Waals surface area contributed by atoms with Crippen LogP contribution in [0.25, 0.3) is 11.0 Å². The fourth-order valence-corrected chi connectivity index (χ4v) is 4.25. The lowest BCUT2D eigenvalue weighted by Gasteiger charge is -2.20. The van der Waals surface area contributed by atoms with Crippen molar-refractivity contribution in [1.82, 2.24) is 9.55 Å². The smallest absolute Gasteiger partial charge is 0.352 e. The molecule has 0 aliphatic heterocycles. The fourth-order valence-electron chi connectivity index (χ4n) is 4.25. The third kappa shape index (κ3) is 5.14. The first-order chi connectivity index (χ1) is 16.6. The van der Waals surface area contributed by atoms with E-state index in [0.29, 0.717) is 12.4 Å². The highest BCUT2D eigenvalue weighted by molar-refractivity contribution is 5.77. The largest absolute Gasteiger partial charge is 0.474 e. The number of fused-ring (bicyclic) bond motifs is 1. The molecule has 0 aliphatic carbocycles. The standard InChI is InChI=1S/C29H32N2O3/c1-4-6-16-27-30-25-14-10-11-15-26(25)31(27)21(3)22-17-19-24(20-18-22)34-28(29(32)33-5-2)23-12-8-7-9-13-23/h7-15,17-21,28H,4-6,16H2,1-3H3. The quantitative estimate of drug-likeness (QED) is 0.250. The number of ether oxygens (including phenoxy) is 2. The second-order valence-electron chi connectivity index (χ2n) is 8.40. The van der Waals surface area contributed by atoms with Gasteiger partial charge in [-0.25, -0.2) is 9.78 Å². The summed E-state index contributed by atoms with van der Waals surface area (Å²) in [5.41, 5.74) is 4.10. The van der Waals surface area contributed by atoms with Gasteiger partial charge < -0.3 is 14.0 Å². The van der Waals surface area contributed by atoms with Gasteiger partial charge in [-0.3, -0.25) is 0 Å². The number of carbonyl (C=O) groups is 1. The highest BCUT2D eigenvalue weighted by Gasteiger charge is 2.24. The minimum Gasteiger partial charge on any atom is -0.474 e. The predicted octanol–water partition coefficient (Wildman–Crippen LogP) is 6.67. The van der Waals surface area contributed by atoms with Gasteiger partial charge in [0.1, 0.15) is 11.6 Å². The number of benzene rings is 3. The molecule has 2 atom stereocenters. The first-order valence-electron chi connectivity index (χ1n) is 12.1. The molecule has 5 nitrogen and oxygen atoms in total. The Balaban J connectivity index is 1.59. The van der Waals surface area contributed by atoms with E-state index in [1.807, 2.05) is 48.5 Å². The Kier molecular flexibility index (Phi) is 7.63. The summed E-state index contributed by atoms with van der Waals surface area (Å²) < 4.78 is 13.7. The van der Waals surface area contributed by atoms with E-state index in [1.54, 1.807) is 6.92 Å². The van der Waals surface area contributed by atoms with E-state index in [1.165, 1.54) is 0 Å². The van der Waals surface area contributed by atoms with E-state index in [0.717, 1.165) is 47.2 Å². The molecule has 2 unspecified atom stereocenters. The monoisotopic (exact) mass is 456 g/mol. The van der Waals surface area contributed by atoms with Crippen LogP contribution in [0.5, 0.6) is 5.75 Å². The Hall–Kier alpha value is -3.60. The first kappa shape index (κ1) is 23.6. The van der Waals surface area contributed by atoms with Gasteiger partial charge in [0.15, 0.2) is 0 Å². The van der Waals surface area contributed by atoms with Crippen LogP contribution in [0.4, 0.5) is 0 Å². The molecule has 34 heavy (non-hydrogen) atoms. The van der Waals surface area contributed by atoms with Gasteiger partial charge >= 0.3 is 5.97 Å². The molecular weight excluding hydrogens is 424 g/mol. The highest BCUT2D eigenvalue weighted by Crippen LogP contribution is 2.29. The molecule has 1 heterocycles. The number of nitrogens with zero attached hydrogens (tertiary/aromatic N) is 2. The third-order valence-electron chi connectivity index (χ3n) is 6.03. The Labute approximate surface area is 201 Å². The second kappa shape index (κ2) is 11.0. The number of aromatic nitrogens is 2. The van der Waals surface area contributed by atoms with Gasteiger partial charge in [0.05, 0.1) is 23.7 Å². The van der Waals surface area contributed by atoms with Crippen LogP contribution in [0, 0.1) is 0 Å². The van der Waals surface area contributed by atoms with Crippen LogP contribution in [-0.2, 0) is 16.0 Å². The van der Waals surface area contributed by atoms with Crippen LogP contribution < -0.4 is 4.74 Å². The number of hydrogen-bond donors (Lipinski definition) is 0. The molecule has 4 rings (SSSR count). The molecule has 0 radical (unpaired) electrons. The Morgan fingerprint density at radius 2 is 1.62 bits per heavy atom.